The summed E-state index contributed by atoms with van der Waals surface area (Å²) in [6.45, 7) is 3.38. The maximum atomic E-state index is 12.3. The monoisotopic (exact) mass is 324 g/mol. The third kappa shape index (κ3) is 3.22. The van der Waals surface area contributed by atoms with E-state index in [9.17, 15) is 4.79 Å². The number of aryl methyl sites for hydroxylation is 2. The number of carbonyl (C=O) groups excluding carboxylic acids is 1. The van der Waals surface area contributed by atoms with Crippen molar-refractivity contribution in [2.24, 2.45) is 0 Å². The van der Waals surface area contributed by atoms with Crippen molar-refractivity contribution in [2.75, 3.05) is 6.54 Å². The van der Waals surface area contributed by atoms with Crippen LogP contribution in [0.4, 0.5) is 0 Å². The van der Waals surface area contributed by atoms with Gasteiger partial charge in [-0.25, -0.2) is 0 Å². The minimum atomic E-state index is 0.123. The van der Waals surface area contributed by atoms with Crippen molar-refractivity contribution in [3.63, 3.8) is 0 Å². The van der Waals surface area contributed by atoms with E-state index < -0.39 is 0 Å². The second kappa shape index (κ2) is 6.77. The summed E-state index contributed by atoms with van der Waals surface area (Å²) in [5, 5.41) is 11.0. The van der Waals surface area contributed by atoms with Crippen molar-refractivity contribution in [2.45, 2.75) is 51.2 Å². The van der Waals surface area contributed by atoms with Crippen molar-refractivity contribution in [1.29, 1.82) is 0 Å². The van der Waals surface area contributed by atoms with Crippen molar-refractivity contribution in [1.82, 2.24) is 20.4 Å². The molecule has 1 aromatic heterocycles. The molecule has 0 radical (unpaired) electrons. The van der Waals surface area contributed by atoms with Crippen LogP contribution < -0.4 is 10.6 Å². The van der Waals surface area contributed by atoms with Gasteiger partial charge in [0.2, 0.25) is 5.91 Å². The lowest BCUT2D eigenvalue weighted by molar-refractivity contribution is -0.121. The second-order valence-corrected chi connectivity index (χ2v) is 6.80. The highest BCUT2D eigenvalue weighted by Gasteiger charge is 2.24. The molecule has 2 heterocycles. The van der Waals surface area contributed by atoms with E-state index in [1.54, 1.807) is 0 Å². The normalized spacial score (nSPS) is 19.4. The summed E-state index contributed by atoms with van der Waals surface area (Å²) < 4.78 is 2.06. The maximum Gasteiger partial charge on any atom is 0.220 e. The van der Waals surface area contributed by atoms with Gasteiger partial charge in [-0.1, -0.05) is 24.3 Å². The largest absolute Gasteiger partial charge is 0.350 e. The van der Waals surface area contributed by atoms with Crippen LogP contribution in [0.5, 0.6) is 0 Å². The van der Waals surface area contributed by atoms with E-state index in [1.807, 2.05) is 0 Å². The highest BCUT2D eigenvalue weighted by molar-refractivity contribution is 5.77. The van der Waals surface area contributed by atoms with Crippen LogP contribution in [0.25, 0.3) is 0 Å². The highest BCUT2D eigenvalue weighted by Crippen LogP contribution is 2.35. The smallest absolute Gasteiger partial charge is 0.220 e. The lowest BCUT2D eigenvalue weighted by Crippen LogP contribution is -2.24. The van der Waals surface area contributed by atoms with E-state index in [1.165, 1.54) is 16.8 Å². The maximum absolute atomic E-state index is 12.3. The van der Waals surface area contributed by atoms with Crippen LogP contribution in [0.2, 0.25) is 0 Å². The van der Waals surface area contributed by atoms with E-state index in [-0.39, 0.29) is 5.91 Å². The molecule has 1 amide bonds. The molecule has 1 aromatic carbocycles. The predicted molar refractivity (Wildman–Crippen MR) is 92.5 cm³/mol. The third-order valence-electron chi connectivity index (χ3n) is 5.10. The van der Waals surface area contributed by atoms with E-state index in [2.05, 4.69) is 50.7 Å². The number of fused-ring (bicyclic) bond motifs is 2. The summed E-state index contributed by atoms with van der Waals surface area (Å²) in [6.07, 6.45) is 3.85. The van der Waals surface area contributed by atoms with Gasteiger partial charge in [0, 0.05) is 19.5 Å². The minimum Gasteiger partial charge on any atom is -0.350 e. The third-order valence-corrected chi connectivity index (χ3v) is 5.10. The molecular formula is C19H24N4O. The molecule has 24 heavy (non-hydrogen) atoms. The first kappa shape index (κ1) is 15.4. The number of aromatic nitrogens is 2. The Kier molecular flexibility index (Phi) is 4.34. The molecule has 2 aliphatic rings. The van der Waals surface area contributed by atoms with Gasteiger partial charge in [-0.3, -0.25) is 9.48 Å². The van der Waals surface area contributed by atoms with Crippen molar-refractivity contribution in [3.05, 3.63) is 52.8 Å². The number of carbonyl (C=O) groups is 1. The molecule has 4 rings (SSSR count). The minimum absolute atomic E-state index is 0.123. The average molecular weight is 324 g/mol. The van der Waals surface area contributed by atoms with Gasteiger partial charge < -0.3 is 10.6 Å². The van der Waals surface area contributed by atoms with Crippen LogP contribution in [0.1, 0.15) is 47.7 Å². The Morgan fingerprint density at radius 3 is 3.25 bits per heavy atom. The zero-order valence-corrected chi connectivity index (χ0v) is 13.9. The first-order chi connectivity index (χ1) is 11.8. The standard InChI is InChI=1S/C19H24N4O/c24-19(10-15-7-6-14-4-1-2-5-18(14)15)21-12-16-11-17-13-20-8-3-9-23(17)22-16/h1-2,4-5,11,15,20H,3,6-10,12-13H2,(H,21,24). The van der Waals surface area contributed by atoms with Gasteiger partial charge in [0.15, 0.2) is 0 Å². The van der Waals surface area contributed by atoms with Gasteiger partial charge in [0.05, 0.1) is 17.9 Å². The fraction of sp³-hybridized carbons (Fsp3) is 0.474. The lowest BCUT2D eigenvalue weighted by Gasteiger charge is -2.11. The van der Waals surface area contributed by atoms with Crippen LogP contribution in [0.3, 0.4) is 0 Å². The number of nitrogens with zero attached hydrogens (tertiary/aromatic N) is 2. The quantitative estimate of drug-likeness (QED) is 0.906. The average Bonchev–Trinajstić information content (AvgIpc) is 3.11. The van der Waals surface area contributed by atoms with Crippen LogP contribution in [0.15, 0.2) is 30.3 Å². The molecule has 5 heteroatoms. The van der Waals surface area contributed by atoms with Gasteiger partial charge in [-0.05, 0) is 48.9 Å². The summed E-state index contributed by atoms with van der Waals surface area (Å²) in [5.74, 6) is 0.488. The molecule has 1 unspecified atom stereocenters. The van der Waals surface area contributed by atoms with Crippen LogP contribution in [-0.2, 0) is 30.8 Å². The number of benzene rings is 1. The van der Waals surface area contributed by atoms with Crippen LogP contribution in [0, 0.1) is 0 Å². The number of rotatable bonds is 4. The fourth-order valence-electron chi connectivity index (χ4n) is 3.85. The van der Waals surface area contributed by atoms with Gasteiger partial charge in [0.25, 0.3) is 0 Å². The molecule has 2 aromatic rings. The molecular weight excluding hydrogens is 300 g/mol. The second-order valence-electron chi connectivity index (χ2n) is 6.80. The molecule has 5 nitrogen and oxygen atoms in total. The Bertz CT molecular complexity index is 713. The Labute approximate surface area is 142 Å². The molecule has 0 saturated carbocycles. The summed E-state index contributed by atoms with van der Waals surface area (Å²) in [4.78, 5) is 12.3. The summed E-state index contributed by atoms with van der Waals surface area (Å²) >= 11 is 0. The molecule has 2 N–H and O–H groups in total. The molecule has 1 aliphatic carbocycles. The topological polar surface area (TPSA) is 59.0 Å². The highest BCUT2D eigenvalue weighted by atomic mass is 16.1. The molecule has 0 spiro atoms. The van der Waals surface area contributed by atoms with Gasteiger partial charge in [0.1, 0.15) is 0 Å². The Balaban J connectivity index is 1.33. The molecule has 0 fully saturated rings. The first-order valence-electron chi connectivity index (χ1n) is 8.90. The lowest BCUT2D eigenvalue weighted by atomic mass is 9.97. The van der Waals surface area contributed by atoms with Crippen molar-refractivity contribution in [3.8, 4) is 0 Å². The van der Waals surface area contributed by atoms with Gasteiger partial charge in [-0.15, -0.1) is 0 Å². The zero-order chi connectivity index (χ0) is 16.4. The molecule has 1 aliphatic heterocycles. The molecule has 0 bridgehead atoms. The zero-order valence-electron chi connectivity index (χ0n) is 13.9. The Morgan fingerprint density at radius 1 is 1.38 bits per heavy atom. The van der Waals surface area contributed by atoms with Crippen LogP contribution in [-0.4, -0.2) is 22.2 Å². The van der Waals surface area contributed by atoms with Crippen molar-refractivity contribution < 1.29 is 4.79 Å². The number of hydrogen-bond donors (Lipinski definition) is 2. The molecule has 0 saturated heterocycles. The van der Waals surface area contributed by atoms with E-state index in [4.69, 9.17) is 0 Å². The van der Waals surface area contributed by atoms with Crippen molar-refractivity contribution >= 4 is 5.91 Å². The predicted octanol–water partition coefficient (Wildman–Crippen LogP) is 2.11. The first-order valence-corrected chi connectivity index (χ1v) is 8.90. The fourth-order valence-corrected chi connectivity index (χ4v) is 3.85. The summed E-state index contributed by atoms with van der Waals surface area (Å²) in [5.41, 5.74) is 4.92. The molecule has 1 atom stereocenters. The summed E-state index contributed by atoms with van der Waals surface area (Å²) in [7, 11) is 0. The molecule has 126 valence electrons. The SMILES string of the molecule is O=C(CC1CCc2ccccc21)NCc1cc2n(n1)CCCNC2. The number of hydrogen-bond acceptors (Lipinski definition) is 3. The number of amides is 1. The van der Waals surface area contributed by atoms with Crippen LogP contribution >= 0.6 is 0 Å². The van der Waals surface area contributed by atoms with E-state index in [0.717, 1.165) is 44.6 Å². The number of nitrogens with one attached hydrogen (secondary N) is 2. The van der Waals surface area contributed by atoms with E-state index in [0.29, 0.717) is 18.9 Å². The Hall–Kier alpha value is -2.14. The van der Waals surface area contributed by atoms with Gasteiger partial charge in [-0.2, -0.15) is 5.10 Å². The summed E-state index contributed by atoms with van der Waals surface area (Å²) in [6, 6.07) is 10.6. The Morgan fingerprint density at radius 2 is 2.29 bits per heavy atom. The van der Waals surface area contributed by atoms with E-state index >= 15 is 0 Å². The van der Waals surface area contributed by atoms with Gasteiger partial charge >= 0.3 is 0 Å².